The minimum absolute atomic E-state index is 0.159. The number of urea groups is 1. The first-order chi connectivity index (χ1) is 9.66. The molecule has 0 radical (unpaired) electrons. The highest BCUT2D eigenvalue weighted by Crippen LogP contribution is 2.17. The molecule has 20 heavy (non-hydrogen) atoms. The van der Waals surface area contributed by atoms with E-state index in [4.69, 9.17) is 0 Å². The van der Waals surface area contributed by atoms with Gasteiger partial charge in [-0.05, 0) is 18.1 Å². The number of nitrogens with zero attached hydrogens (tertiary/aromatic N) is 2. The molecule has 0 bridgehead atoms. The molecule has 0 saturated carbocycles. The lowest BCUT2D eigenvalue weighted by molar-refractivity contribution is -0.140. The molecule has 1 fully saturated rings. The third kappa shape index (κ3) is 2.01. The molecule has 1 saturated heterocycles. The van der Waals surface area contributed by atoms with Gasteiger partial charge in [-0.1, -0.05) is 24.3 Å². The largest absolute Gasteiger partial charge is 0.331 e. The number of pyridine rings is 1. The zero-order valence-electron chi connectivity index (χ0n) is 10.5. The van der Waals surface area contributed by atoms with Gasteiger partial charge in [0, 0.05) is 18.1 Å². The third-order valence-electron chi connectivity index (χ3n) is 3.23. The molecule has 1 N–H and O–H groups in total. The van der Waals surface area contributed by atoms with Gasteiger partial charge in [0.25, 0.3) is 0 Å². The summed E-state index contributed by atoms with van der Waals surface area (Å²) in [6.45, 7) is 0.159. The van der Waals surface area contributed by atoms with E-state index in [-0.39, 0.29) is 6.54 Å². The van der Waals surface area contributed by atoms with Crippen LogP contribution in [0.15, 0.2) is 36.5 Å². The molecule has 0 atom stereocenters. The van der Waals surface area contributed by atoms with Crippen molar-refractivity contribution in [2.24, 2.45) is 0 Å². The van der Waals surface area contributed by atoms with Crippen LogP contribution >= 0.6 is 0 Å². The van der Waals surface area contributed by atoms with Crippen molar-refractivity contribution in [2.75, 3.05) is 6.54 Å². The Balaban J connectivity index is 1.83. The number of benzene rings is 1. The van der Waals surface area contributed by atoms with Gasteiger partial charge in [0.1, 0.15) is 0 Å². The molecule has 0 aliphatic carbocycles. The number of aromatic nitrogens is 1. The Hall–Kier alpha value is -2.76. The van der Waals surface area contributed by atoms with Crippen molar-refractivity contribution in [1.29, 1.82) is 0 Å². The fourth-order valence-electron chi connectivity index (χ4n) is 2.24. The second-order valence-electron chi connectivity index (χ2n) is 4.46. The maximum absolute atomic E-state index is 11.5. The number of carbonyl (C=O) groups is 3. The molecule has 6 heteroatoms. The smallest absolute Gasteiger partial charge is 0.269 e. The summed E-state index contributed by atoms with van der Waals surface area (Å²) in [6, 6.07) is 8.88. The van der Waals surface area contributed by atoms with Crippen molar-refractivity contribution in [3.05, 3.63) is 42.1 Å². The van der Waals surface area contributed by atoms with Gasteiger partial charge < -0.3 is 0 Å². The van der Waals surface area contributed by atoms with Crippen LogP contribution in [0.3, 0.4) is 0 Å². The van der Waals surface area contributed by atoms with Crippen molar-refractivity contribution >= 4 is 28.7 Å². The van der Waals surface area contributed by atoms with Crippen LogP contribution in [-0.4, -0.2) is 34.3 Å². The molecule has 2 aromatic rings. The molecule has 0 unspecified atom stereocenters. The van der Waals surface area contributed by atoms with Crippen molar-refractivity contribution in [2.45, 2.75) is 6.42 Å². The van der Waals surface area contributed by atoms with Gasteiger partial charge in [0.05, 0.1) is 5.52 Å². The molecule has 4 amide bonds. The number of rotatable bonds is 3. The number of carbonyl (C=O) groups excluding carboxylic acids is 3. The number of fused-ring (bicyclic) bond motifs is 1. The first-order valence-corrected chi connectivity index (χ1v) is 6.16. The fourth-order valence-corrected chi connectivity index (χ4v) is 2.24. The van der Waals surface area contributed by atoms with E-state index < -0.39 is 17.8 Å². The Labute approximate surface area is 114 Å². The van der Waals surface area contributed by atoms with Crippen molar-refractivity contribution < 1.29 is 14.4 Å². The van der Waals surface area contributed by atoms with Crippen LogP contribution < -0.4 is 5.32 Å². The molecule has 2 heterocycles. The predicted octanol–water partition coefficient (Wildman–Crippen LogP) is 0.856. The molecular weight excluding hydrogens is 258 g/mol. The van der Waals surface area contributed by atoms with Crippen LogP contribution in [0.25, 0.3) is 10.9 Å². The standard InChI is InChI=1S/C14H11N3O3/c18-12-13(19)17(14(20)16-12)8-6-10-4-1-3-9-5-2-7-15-11(9)10/h1-5,7H,6,8H2,(H,16,18,20). The first-order valence-electron chi connectivity index (χ1n) is 6.16. The van der Waals surface area contributed by atoms with Crippen molar-refractivity contribution in [3.8, 4) is 0 Å². The quantitative estimate of drug-likeness (QED) is 0.662. The summed E-state index contributed by atoms with van der Waals surface area (Å²) in [5, 5.41) is 2.97. The van der Waals surface area contributed by atoms with Crippen LogP contribution in [0.4, 0.5) is 4.79 Å². The SMILES string of the molecule is O=C1NC(=O)N(CCc2cccc3cccnc23)C1=O. The van der Waals surface area contributed by atoms with Crippen LogP contribution in [0.1, 0.15) is 5.56 Å². The molecule has 1 aromatic heterocycles. The van der Waals surface area contributed by atoms with Gasteiger partial charge in [-0.25, -0.2) is 4.79 Å². The van der Waals surface area contributed by atoms with Crippen LogP contribution in [0.5, 0.6) is 0 Å². The molecule has 1 aliphatic heterocycles. The van der Waals surface area contributed by atoms with E-state index in [9.17, 15) is 14.4 Å². The lowest BCUT2D eigenvalue weighted by Gasteiger charge is -2.12. The van der Waals surface area contributed by atoms with Crippen LogP contribution in [0, 0.1) is 0 Å². The highest BCUT2D eigenvalue weighted by atomic mass is 16.2. The fraction of sp³-hybridized carbons (Fsp3) is 0.143. The normalized spacial score (nSPS) is 15.0. The molecule has 1 aromatic carbocycles. The highest BCUT2D eigenvalue weighted by molar-refractivity contribution is 6.44. The summed E-state index contributed by atoms with van der Waals surface area (Å²) in [6.07, 6.45) is 2.16. The molecule has 1 aliphatic rings. The Bertz CT molecular complexity index is 721. The average Bonchev–Trinajstić information content (AvgIpc) is 2.70. The second kappa shape index (κ2) is 4.73. The van der Waals surface area contributed by atoms with Crippen molar-refractivity contribution in [1.82, 2.24) is 15.2 Å². The number of para-hydroxylation sites is 1. The van der Waals surface area contributed by atoms with Gasteiger partial charge in [-0.3, -0.25) is 24.8 Å². The monoisotopic (exact) mass is 269 g/mol. The summed E-state index contributed by atoms with van der Waals surface area (Å²) in [5.41, 5.74) is 1.77. The summed E-state index contributed by atoms with van der Waals surface area (Å²) in [7, 11) is 0. The Kier molecular flexibility index (Phi) is 2.90. The van der Waals surface area contributed by atoms with E-state index in [0.717, 1.165) is 21.4 Å². The molecule has 6 nitrogen and oxygen atoms in total. The summed E-state index contributed by atoms with van der Waals surface area (Å²) >= 11 is 0. The van der Waals surface area contributed by atoms with Crippen molar-refractivity contribution in [3.63, 3.8) is 0 Å². The van der Waals surface area contributed by atoms with Gasteiger partial charge in [-0.2, -0.15) is 0 Å². The maximum atomic E-state index is 11.5. The Morgan fingerprint density at radius 1 is 1.10 bits per heavy atom. The van der Waals surface area contributed by atoms with E-state index in [2.05, 4.69) is 4.98 Å². The van der Waals surface area contributed by atoms with E-state index >= 15 is 0 Å². The minimum atomic E-state index is -0.869. The molecular formula is C14H11N3O3. The van der Waals surface area contributed by atoms with Gasteiger partial charge in [0.2, 0.25) is 0 Å². The lowest BCUT2D eigenvalue weighted by Crippen LogP contribution is -2.33. The average molecular weight is 269 g/mol. The summed E-state index contributed by atoms with van der Waals surface area (Å²) in [5.74, 6) is -1.67. The molecule has 0 spiro atoms. The zero-order chi connectivity index (χ0) is 14.1. The van der Waals surface area contributed by atoms with Crippen LogP contribution in [0.2, 0.25) is 0 Å². The number of amides is 4. The van der Waals surface area contributed by atoms with E-state index in [1.807, 2.05) is 35.6 Å². The number of imide groups is 2. The molecule has 100 valence electrons. The third-order valence-corrected chi connectivity index (χ3v) is 3.23. The first kappa shape index (κ1) is 12.3. The number of nitrogens with one attached hydrogen (secondary N) is 1. The maximum Gasteiger partial charge on any atom is 0.331 e. The number of hydrogen-bond acceptors (Lipinski definition) is 4. The van der Waals surface area contributed by atoms with Gasteiger partial charge in [-0.15, -0.1) is 0 Å². The Morgan fingerprint density at radius 3 is 2.65 bits per heavy atom. The Morgan fingerprint density at radius 2 is 1.90 bits per heavy atom. The lowest BCUT2D eigenvalue weighted by atomic mass is 10.1. The van der Waals surface area contributed by atoms with E-state index in [1.165, 1.54) is 0 Å². The minimum Gasteiger partial charge on any atom is -0.269 e. The second-order valence-corrected chi connectivity index (χ2v) is 4.46. The van der Waals surface area contributed by atoms with E-state index in [1.54, 1.807) is 6.20 Å². The number of hydrogen-bond donors (Lipinski definition) is 1. The van der Waals surface area contributed by atoms with Gasteiger partial charge in [0.15, 0.2) is 0 Å². The van der Waals surface area contributed by atoms with Crippen LogP contribution in [-0.2, 0) is 16.0 Å². The topological polar surface area (TPSA) is 79.4 Å². The van der Waals surface area contributed by atoms with E-state index in [0.29, 0.717) is 6.42 Å². The highest BCUT2D eigenvalue weighted by Gasteiger charge is 2.36. The summed E-state index contributed by atoms with van der Waals surface area (Å²) in [4.78, 5) is 39.2. The van der Waals surface area contributed by atoms with Gasteiger partial charge >= 0.3 is 17.8 Å². The molecule has 3 rings (SSSR count). The zero-order valence-corrected chi connectivity index (χ0v) is 10.5. The predicted molar refractivity (Wildman–Crippen MR) is 70.7 cm³/mol. The summed E-state index contributed by atoms with van der Waals surface area (Å²) < 4.78 is 0.